The van der Waals surface area contributed by atoms with Crippen LogP contribution in [0.3, 0.4) is 0 Å². The summed E-state index contributed by atoms with van der Waals surface area (Å²) in [6.07, 6.45) is -1.58. The van der Waals surface area contributed by atoms with Crippen LogP contribution in [0.1, 0.15) is 0 Å². The summed E-state index contributed by atoms with van der Waals surface area (Å²) in [5.74, 6) is 0. The van der Waals surface area contributed by atoms with E-state index < -0.39 is 35.3 Å². The summed E-state index contributed by atoms with van der Waals surface area (Å²) in [5.41, 5.74) is 0. The zero-order valence-corrected chi connectivity index (χ0v) is 8.61. The van der Waals surface area contributed by atoms with Crippen LogP contribution in [0.2, 0.25) is 0 Å². The van der Waals surface area contributed by atoms with Gasteiger partial charge in [-0.1, -0.05) is 0 Å². The lowest BCUT2D eigenvalue weighted by Gasteiger charge is -2.36. The maximum atomic E-state index is 10.8. The molecule has 4 N–H and O–H groups in total. The van der Waals surface area contributed by atoms with Crippen LogP contribution in [-0.2, 0) is 15.7 Å². The van der Waals surface area contributed by atoms with Gasteiger partial charge < -0.3 is 20.1 Å². The number of aliphatic hydroxyl groups excluding tert-OH is 3. The Morgan fingerprint density at radius 1 is 1.50 bits per heavy atom. The minimum Gasteiger partial charge on any atom is -0.394 e. The molecule has 0 aromatic carbocycles. The zero-order chi connectivity index (χ0) is 10.7. The molecule has 1 unspecified atom stereocenters. The predicted molar refractivity (Wildman–Crippen MR) is 49.8 cm³/mol. The van der Waals surface area contributed by atoms with Crippen molar-refractivity contribution >= 4 is 11.0 Å². The molecule has 0 bridgehead atoms. The quantitative estimate of drug-likeness (QED) is 0.420. The second-order valence-corrected chi connectivity index (χ2v) is 4.36. The van der Waals surface area contributed by atoms with E-state index in [4.69, 9.17) is 9.84 Å². The molecule has 5 atom stereocenters. The Morgan fingerprint density at radius 3 is 2.64 bits per heavy atom. The van der Waals surface area contributed by atoms with Gasteiger partial charge in [0, 0.05) is 6.26 Å². The molecule has 0 aromatic rings. The lowest BCUT2D eigenvalue weighted by Crippen LogP contribution is -2.59. The van der Waals surface area contributed by atoms with E-state index >= 15 is 0 Å². The van der Waals surface area contributed by atoms with E-state index in [-0.39, 0.29) is 13.2 Å². The van der Waals surface area contributed by atoms with Crippen molar-refractivity contribution in [2.45, 2.75) is 24.4 Å². The first-order valence-corrected chi connectivity index (χ1v) is 5.80. The van der Waals surface area contributed by atoms with Crippen LogP contribution in [0.15, 0.2) is 0 Å². The molecule has 1 aliphatic rings. The third kappa shape index (κ3) is 2.72. The molecule has 1 fully saturated rings. The monoisotopic (exact) mass is 225 g/mol. The van der Waals surface area contributed by atoms with E-state index in [2.05, 4.69) is 4.72 Å². The summed E-state index contributed by atoms with van der Waals surface area (Å²) in [7, 11) is -1.28. The van der Waals surface area contributed by atoms with Crippen LogP contribution < -0.4 is 4.72 Å². The predicted octanol–water partition coefficient (Wildman–Crippen LogP) is -2.65. The van der Waals surface area contributed by atoms with Crippen LogP contribution >= 0.6 is 0 Å². The topological polar surface area (TPSA) is 99.0 Å². The lowest BCUT2D eigenvalue weighted by molar-refractivity contribution is -0.158. The Balaban J connectivity index is 2.54. The van der Waals surface area contributed by atoms with Gasteiger partial charge in [0.15, 0.2) is 0 Å². The average molecular weight is 225 g/mol. The highest BCUT2D eigenvalue weighted by Crippen LogP contribution is 2.15. The number of ether oxygens (including phenoxy) is 1. The zero-order valence-electron chi connectivity index (χ0n) is 7.79. The van der Waals surface area contributed by atoms with Crippen molar-refractivity contribution in [1.29, 1.82) is 0 Å². The number of rotatable bonds is 3. The minimum atomic E-state index is -1.28. The average Bonchev–Trinajstić information content (AvgIpc) is 2.13. The SMILES string of the molecule is CS(=O)N[C@@H]1CO[C@H](CO)[C@H](O)[C@@H]1O. The Bertz CT molecular complexity index is 214. The van der Waals surface area contributed by atoms with Gasteiger partial charge in [-0.25, -0.2) is 8.93 Å². The van der Waals surface area contributed by atoms with Gasteiger partial charge in [0.1, 0.15) is 18.3 Å². The molecule has 0 saturated carbocycles. The summed E-state index contributed by atoms with van der Waals surface area (Å²) in [6.45, 7) is -0.233. The van der Waals surface area contributed by atoms with Crippen molar-refractivity contribution < 1.29 is 24.3 Å². The highest BCUT2D eigenvalue weighted by Gasteiger charge is 2.38. The van der Waals surface area contributed by atoms with Crippen molar-refractivity contribution in [3.63, 3.8) is 0 Å². The van der Waals surface area contributed by atoms with Crippen molar-refractivity contribution in [3.05, 3.63) is 0 Å². The van der Waals surface area contributed by atoms with Gasteiger partial charge in [-0.3, -0.25) is 0 Å². The summed E-state index contributed by atoms with van der Waals surface area (Å²) >= 11 is 0. The molecule has 14 heavy (non-hydrogen) atoms. The molecule has 0 aromatic heterocycles. The van der Waals surface area contributed by atoms with Crippen LogP contribution in [0.5, 0.6) is 0 Å². The van der Waals surface area contributed by atoms with Gasteiger partial charge in [-0.15, -0.1) is 0 Å². The van der Waals surface area contributed by atoms with Crippen molar-refractivity contribution in [3.8, 4) is 0 Å². The molecule has 7 heteroatoms. The van der Waals surface area contributed by atoms with E-state index in [1.807, 2.05) is 0 Å². The fourth-order valence-corrected chi connectivity index (χ4v) is 1.99. The lowest BCUT2D eigenvalue weighted by atomic mass is 9.99. The summed E-state index contributed by atoms with van der Waals surface area (Å²) < 4.78 is 18.4. The smallest absolute Gasteiger partial charge is 0.110 e. The highest BCUT2D eigenvalue weighted by atomic mass is 32.2. The molecule has 0 aliphatic carbocycles. The molecular weight excluding hydrogens is 210 g/mol. The largest absolute Gasteiger partial charge is 0.394 e. The number of aliphatic hydroxyl groups is 3. The number of hydrogen-bond donors (Lipinski definition) is 4. The molecule has 1 heterocycles. The third-order valence-electron chi connectivity index (χ3n) is 2.13. The van der Waals surface area contributed by atoms with Crippen molar-refractivity contribution in [2.24, 2.45) is 0 Å². The van der Waals surface area contributed by atoms with Gasteiger partial charge in [-0.05, 0) is 0 Å². The summed E-state index contributed by atoms with van der Waals surface area (Å²) in [6, 6.07) is -0.571. The summed E-state index contributed by atoms with van der Waals surface area (Å²) in [5, 5.41) is 27.8. The van der Waals surface area contributed by atoms with Crippen LogP contribution in [0, 0.1) is 0 Å². The molecule has 1 saturated heterocycles. The van der Waals surface area contributed by atoms with E-state index in [1.165, 1.54) is 6.26 Å². The molecule has 6 nitrogen and oxygen atoms in total. The van der Waals surface area contributed by atoms with Gasteiger partial charge in [0.2, 0.25) is 0 Å². The first-order valence-electron chi connectivity index (χ1n) is 4.24. The van der Waals surface area contributed by atoms with Crippen LogP contribution in [0.25, 0.3) is 0 Å². The molecule has 84 valence electrons. The van der Waals surface area contributed by atoms with E-state index in [0.29, 0.717) is 0 Å². The maximum Gasteiger partial charge on any atom is 0.110 e. The minimum absolute atomic E-state index is 0.114. The Kier molecular flexibility index (Phi) is 4.42. The number of nitrogens with one attached hydrogen (secondary N) is 1. The molecule has 0 amide bonds. The molecule has 0 radical (unpaired) electrons. The fraction of sp³-hybridized carbons (Fsp3) is 1.00. The van der Waals surface area contributed by atoms with Gasteiger partial charge >= 0.3 is 0 Å². The Hall–Kier alpha value is -0.0500. The van der Waals surface area contributed by atoms with Crippen LogP contribution in [-0.4, -0.2) is 63.4 Å². The fourth-order valence-electron chi connectivity index (χ4n) is 1.36. The van der Waals surface area contributed by atoms with Gasteiger partial charge in [-0.2, -0.15) is 0 Å². The Morgan fingerprint density at radius 2 is 2.14 bits per heavy atom. The number of hydrogen-bond acceptors (Lipinski definition) is 5. The molecule has 0 spiro atoms. The normalized spacial score (nSPS) is 40.9. The van der Waals surface area contributed by atoms with Crippen molar-refractivity contribution in [1.82, 2.24) is 4.72 Å². The van der Waals surface area contributed by atoms with E-state index in [9.17, 15) is 14.4 Å². The maximum absolute atomic E-state index is 10.8. The van der Waals surface area contributed by atoms with E-state index in [0.717, 1.165) is 0 Å². The van der Waals surface area contributed by atoms with E-state index in [1.54, 1.807) is 0 Å². The standard InChI is InChI=1S/C7H15NO5S/c1-14(12)8-4-3-13-5(2-9)7(11)6(4)10/h4-11H,2-3H2,1H3/t4-,5-,6-,7+,14?/m1/s1. The molecule has 1 rings (SSSR count). The first kappa shape index (κ1) is 12.0. The first-order chi connectivity index (χ1) is 6.56. The molecular formula is C7H15NO5S. The van der Waals surface area contributed by atoms with Crippen LogP contribution in [0.4, 0.5) is 0 Å². The summed E-state index contributed by atoms with van der Waals surface area (Å²) in [4.78, 5) is 0. The molecule has 1 aliphatic heterocycles. The second kappa shape index (κ2) is 5.15. The van der Waals surface area contributed by atoms with Gasteiger partial charge in [0.05, 0.1) is 30.2 Å². The highest BCUT2D eigenvalue weighted by molar-refractivity contribution is 7.82. The van der Waals surface area contributed by atoms with Crippen molar-refractivity contribution in [2.75, 3.05) is 19.5 Å². The van der Waals surface area contributed by atoms with Gasteiger partial charge in [0.25, 0.3) is 0 Å². The second-order valence-electron chi connectivity index (χ2n) is 3.21. The third-order valence-corrected chi connectivity index (χ3v) is 2.76. The Labute approximate surface area is 84.5 Å².